The number of rotatable bonds is 8. The lowest BCUT2D eigenvalue weighted by Gasteiger charge is -2.16. The molecule has 13 heavy (non-hydrogen) atoms. The van der Waals surface area contributed by atoms with E-state index in [4.69, 9.17) is 6.42 Å². The second kappa shape index (κ2) is 9.61. The van der Waals surface area contributed by atoms with E-state index in [-0.39, 0.29) is 0 Å². The van der Waals surface area contributed by atoms with Crippen LogP contribution in [0.4, 0.5) is 0 Å². The molecule has 0 saturated heterocycles. The van der Waals surface area contributed by atoms with Crippen LogP contribution < -0.4 is 5.32 Å². The SMILES string of the molecule is C#CCCC(CCCC)NCCC. The Labute approximate surface area is 83.3 Å². The quantitative estimate of drug-likeness (QED) is 0.568. The maximum atomic E-state index is 5.26. The van der Waals surface area contributed by atoms with E-state index in [0.717, 1.165) is 19.4 Å². The van der Waals surface area contributed by atoms with Gasteiger partial charge >= 0.3 is 0 Å². The zero-order chi connectivity index (χ0) is 9.94. The maximum Gasteiger partial charge on any atom is 0.0101 e. The third kappa shape index (κ3) is 7.87. The molecule has 0 fully saturated rings. The monoisotopic (exact) mass is 181 g/mol. The van der Waals surface area contributed by atoms with Gasteiger partial charge in [0.25, 0.3) is 0 Å². The summed E-state index contributed by atoms with van der Waals surface area (Å²) >= 11 is 0. The largest absolute Gasteiger partial charge is 0.314 e. The summed E-state index contributed by atoms with van der Waals surface area (Å²) in [4.78, 5) is 0. The van der Waals surface area contributed by atoms with Crippen molar-refractivity contribution >= 4 is 0 Å². The van der Waals surface area contributed by atoms with E-state index in [1.54, 1.807) is 0 Å². The normalized spacial score (nSPS) is 12.4. The van der Waals surface area contributed by atoms with Crippen molar-refractivity contribution in [2.45, 2.75) is 58.4 Å². The smallest absolute Gasteiger partial charge is 0.0101 e. The van der Waals surface area contributed by atoms with E-state index in [2.05, 4.69) is 25.1 Å². The zero-order valence-electron chi connectivity index (χ0n) is 9.10. The van der Waals surface area contributed by atoms with Crippen LogP contribution in [0, 0.1) is 12.3 Å². The summed E-state index contributed by atoms with van der Waals surface area (Å²) in [7, 11) is 0. The molecule has 1 atom stereocenters. The van der Waals surface area contributed by atoms with E-state index >= 15 is 0 Å². The van der Waals surface area contributed by atoms with E-state index in [9.17, 15) is 0 Å². The summed E-state index contributed by atoms with van der Waals surface area (Å²) < 4.78 is 0. The Morgan fingerprint density at radius 2 is 2.00 bits per heavy atom. The first kappa shape index (κ1) is 12.5. The summed E-state index contributed by atoms with van der Waals surface area (Å²) in [6, 6.07) is 0.649. The highest BCUT2D eigenvalue weighted by atomic mass is 14.9. The number of unbranched alkanes of at least 4 members (excludes halogenated alkanes) is 1. The molecule has 1 heteroatoms. The van der Waals surface area contributed by atoms with Crippen molar-refractivity contribution in [2.24, 2.45) is 0 Å². The molecule has 1 N–H and O–H groups in total. The molecular formula is C12H23N. The molecule has 0 aliphatic carbocycles. The van der Waals surface area contributed by atoms with Crippen LogP contribution in [0.5, 0.6) is 0 Å². The highest BCUT2D eigenvalue weighted by Gasteiger charge is 2.04. The van der Waals surface area contributed by atoms with Gasteiger partial charge in [-0.15, -0.1) is 12.3 Å². The summed E-state index contributed by atoms with van der Waals surface area (Å²) in [6.45, 7) is 5.56. The minimum Gasteiger partial charge on any atom is -0.314 e. The molecule has 76 valence electrons. The Balaban J connectivity index is 3.54. The molecule has 0 radical (unpaired) electrons. The molecule has 0 amide bonds. The molecule has 0 bridgehead atoms. The molecular weight excluding hydrogens is 158 g/mol. The minimum atomic E-state index is 0.649. The predicted molar refractivity (Wildman–Crippen MR) is 59.7 cm³/mol. The first-order chi connectivity index (χ1) is 6.35. The van der Waals surface area contributed by atoms with Crippen LogP contribution in [0.2, 0.25) is 0 Å². The Morgan fingerprint density at radius 1 is 1.23 bits per heavy atom. The second-order valence-corrected chi connectivity index (χ2v) is 3.54. The summed E-state index contributed by atoms with van der Waals surface area (Å²) in [5, 5.41) is 3.54. The lowest BCUT2D eigenvalue weighted by atomic mass is 10.0. The standard InChI is InChI=1S/C12H23N/c1-4-7-9-12(10-8-5-2)13-11-6-3/h1,12-13H,5-11H2,2-3H3. The van der Waals surface area contributed by atoms with Gasteiger partial charge in [0.1, 0.15) is 0 Å². The first-order valence-electron chi connectivity index (χ1n) is 5.52. The summed E-state index contributed by atoms with van der Waals surface area (Å²) in [5.41, 5.74) is 0. The Morgan fingerprint density at radius 3 is 2.54 bits per heavy atom. The topological polar surface area (TPSA) is 12.0 Å². The fraction of sp³-hybridized carbons (Fsp3) is 0.833. The van der Waals surface area contributed by atoms with Crippen LogP contribution in [-0.2, 0) is 0 Å². The lowest BCUT2D eigenvalue weighted by Crippen LogP contribution is -2.29. The average Bonchev–Trinajstić information content (AvgIpc) is 2.17. The molecule has 0 aliphatic heterocycles. The third-order valence-electron chi connectivity index (χ3n) is 2.23. The third-order valence-corrected chi connectivity index (χ3v) is 2.23. The molecule has 0 aromatic heterocycles. The fourth-order valence-electron chi connectivity index (χ4n) is 1.41. The zero-order valence-corrected chi connectivity index (χ0v) is 9.10. The van der Waals surface area contributed by atoms with Gasteiger partial charge in [0, 0.05) is 12.5 Å². The molecule has 0 aliphatic rings. The Bertz CT molecular complexity index is 127. The van der Waals surface area contributed by atoms with E-state index in [0.29, 0.717) is 6.04 Å². The number of terminal acetylenes is 1. The van der Waals surface area contributed by atoms with E-state index < -0.39 is 0 Å². The number of nitrogens with one attached hydrogen (secondary N) is 1. The van der Waals surface area contributed by atoms with E-state index in [1.165, 1.54) is 25.7 Å². The maximum absolute atomic E-state index is 5.26. The van der Waals surface area contributed by atoms with Crippen LogP contribution >= 0.6 is 0 Å². The van der Waals surface area contributed by atoms with Gasteiger partial charge in [-0.2, -0.15) is 0 Å². The summed E-state index contributed by atoms with van der Waals surface area (Å²) in [5.74, 6) is 2.71. The number of hydrogen-bond acceptors (Lipinski definition) is 1. The van der Waals surface area contributed by atoms with Gasteiger partial charge in [-0.3, -0.25) is 0 Å². The average molecular weight is 181 g/mol. The van der Waals surface area contributed by atoms with Crippen LogP contribution in [0.25, 0.3) is 0 Å². The molecule has 0 heterocycles. The summed E-state index contributed by atoms with van der Waals surface area (Å²) in [6.07, 6.45) is 12.4. The molecule has 0 saturated carbocycles. The van der Waals surface area contributed by atoms with Crippen molar-refractivity contribution in [3.8, 4) is 12.3 Å². The van der Waals surface area contributed by atoms with Crippen molar-refractivity contribution in [1.82, 2.24) is 5.32 Å². The Kier molecular flexibility index (Phi) is 9.25. The second-order valence-electron chi connectivity index (χ2n) is 3.54. The van der Waals surface area contributed by atoms with Crippen molar-refractivity contribution in [3.05, 3.63) is 0 Å². The van der Waals surface area contributed by atoms with Gasteiger partial charge < -0.3 is 5.32 Å². The Hall–Kier alpha value is -0.480. The van der Waals surface area contributed by atoms with Gasteiger partial charge in [0.15, 0.2) is 0 Å². The molecule has 1 nitrogen and oxygen atoms in total. The van der Waals surface area contributed by atoms with Gasteiger partial charge in [0.2, 0.25) is 0 Å². The van der Waals surface area contributed by atoms with Gasteiger partial charge in [-0.25, -0.2) is 0 Å². The van der Waals surface area contributed by atoms with Gasteiger partial charge in [0.05, 0.1) is 0 Å². The predicted octanol–water partition coefficient (Wildman–Crippen LogP) is 2.96. The van der Waals surface area contributed by atoms with Crippen molar-refractivity contribution in [1.29, 1.82) is 0 Å². The first-order valence-corrected chi connectivity index (χ1v) is 5.52. The van der Waals surface area contributed by atoms with Gasteiger partial charge in [-0.05, 0) is 25.8 Å². The minimum absolute atomic E-state index is 0.649. The van der Waals surface area contributed by atoms with Crippen molar-refractivity contribution in [2.75, 3.05) is 6.54 Å². The van der Waals surface area contributed by atoms with Crippen molar-refractivity contribution < 1.29 is 0 Å². The number of hydrogen-bond donors (Lipinski definition) is 1. The van der Waals surface area contributed by atoms with Crippen LogP contribution in [0.3, 0.4) is 0 Å². The van der Waals surface area contributed by atoms with Gasteiger partial charge in [-0.1, -0.05) is 26.7 Å². The molecule has 0 spiro atoms. The van der Waals surface area contributed by atoms with Crippen LogP contribution in [-0.4, -0.2) is 12.6 Å². The molecule has 0 rings (SSSR count). The highest BCUT2D eigenvalue weighted by Crippen LogP contribution is 2.06. The highest BCUT2D eigenvalue weighted by molar-refractivity contribution is 4.85. The van der Waals surface area contributed by atoms with Crippen molar-refractivity contribution in [3.63, 3.8) is 0 Å². The molecule has 0 aromatic carbocycles. The fourth-order valence-corrected chi connectivity index (χ4v) is 1.41. The molecule has 0 aromatic rings. The van der Waals surface area contributed by atoms with Crippen LogP contribution in [0.15, 0.2) is 0 Å². The lowest BCUT2D eigenvalue weighted by molar-refractivity contribution is 0.444. The van der Waals surface area contributed by atoms with Crippen LogP contribution in [0.1, 0.15) is 52.4 Å². The molecule has 1 unspecified atom stereocenters. The van der Waals surface area contributed by atoms with E-state index in [1.807, 2.05) is 0 Å².